The van der Waals surface area contributed by atoms with Gasteiger partial charge in [-0.3, -0.25) is 4.90 Å². The Hall–Kier alpha value is -0.190. The number of nitrogens with two attached hydrogens (primary N) is 1. The van der Waals surface area contributed by atoms with Gasteiger partial charge >= 0.3 is 0 Å². The molecule has 1 unspecified atom stereocenters. The average molecular weight is 218 g/mol. The lowest BCUT2D eigenvalue weighted by Crippen LogP contribution is -2.37. The molecule has 4 heteroatoms. The van der Waals surface area contributed by atoms with Crippen LogP contribution in [0, 0.1) is 0 Å². The van der Waals surface area contributed by atoms with Gasteiger partial charge in [0.1, 0.15) is 0 Å². The maximum atomic E-state index is 5.44. The summed E-state index contributed by atoms with van der Waals surface area (Å²) in [5.74, 6) is 0. The minimum absolute atomic E-state index is 0.469. The lowest BCUT2D eigenvalue weighted by molar-refractivity contribution is 0.102. The van der Waals surface area contributed by atoms with E-state index in [-0.39, 0.29) is 0 Å². The summed E-state index contributed by atoms with van der Waals surface area (Å²) in [6.07, 6.45) is 1.88. The fourth-order valence-corrected chi connectivity index (χ4v) is 1.64. The van der Waals surface area contributed by atoms with Crippen LogP contribution in [0.15, 0.2) is 0 Å². The molecular weight excluding hydrogens is 196 g/mol. The quantitative estimate of drug-likeness (QED) is 0.625. The Morgan fingerprint density at radius 3 is 2.64 bits per heavy atom. The highest BCUT2D eigenvalue weighted by Crippen LogP contribution is 2.02. The standard InChI is InChI=1S/C10H22N2OS/c1-4-12(9(2)8-13-3)7-5-6-10(11)14/h9H,4-8H2,1-3H3,(H2,11,14). The summed E-state index contributed by atoms with van der Waals surface area (Å²) in [5, 5.41) is 0. The van der Waals surface area contributed by atoms with Crippen molar-refractivity contribution in [3.05, 3.63) is 0 Å². The Kier molecular flexibility index (Phi) is 8.04. The highest BCUT2D eigenvalue weighted by molar-refractivity contribution is 7.80. The third-order valence-corrected chi connectivity index (χ3v) is 2.51. The van der Waals surface area contributed by atoms with E-state index in [1.165, 1.54) is 0 Å². The predicted molar refractivity (Wildman–Crippen MR) is 64.6 cm³/mol. The molecule has 0 aromatic rings. The maximum Gasteiger partial charge on any atom is 0.0727 e. The van der Waals surface area contributed by atoms with Crippen LogP contribution in [0.5, 0.6) is 0 Å². The minimum Gasteiger partial charge on any atom is -0.393 e. The summed E-state index contributed by atoms with van der Waals surface area (Å²) >= 11 is 4.84. The van der Waals surface area contributed by atoms with E-state index in [0.717, 1.165) is 32.5 Å². The largest absolute Gasteiger partial charge is 0.393 e. The highest BCUT2D eigenvalue weighted by Gasteiger charge is 2.10. The first-order valence-electron chi connectivity index (χ1n) is 5.13. The van der Waals surface area contributed by atoms with Crippen LogP contribution < -0.4 is 5.73 Å². The molecule has 0 saturated heterocycles. The first kappa shape index (κ1) is 13.8. The van der Waals surface area contributed by atoms with Gasteiger partial charge in [0.05, 0.1) is 11.6 Å². The zero-order valence-corrected chi connectivity index (χ0v) is 10.3. The van der Waals surface area contributed by atoms with Gasteiger partial charge in [0, 0.05) is 13.2 Å². The van der Waals surface area contributed by atoms with Gasteiger partial charge in [-0.2, -0.15) is 0 Å². The number of ether oxygens (including phenoxy) is 1. The van der Waals surface area contributed by atoms with Crippen molar-refractivity contribution in [3.63, 3.8) is 0 Å². The third kappa shape index (κ3) is 6.29. The minimum atomic E-state index is 0.469. The molecule has 3 nitrogen and oxygen atoms in total. The molecule has 0 aliphatic rings. The van der Waals surface area contributed by atoms with Crippen LogP contribution in [0.25, 0.3) is 0 Å². The first-order valence-corrected chi connectivity index (χ1v) is 5.53. The summed E-state index contributed by atoms with van der Waals surface area (Å²) < 4.78 is 5.12. The van der Waals surface area contributed by atoms with Crippen molar-refractivity contribution >= 4 is 17.2 Å². The van der Waals surface area contributed by atoms with Gasteiger partial charge in [0.2, 0.25) is 0 Å². The fourth-order valence-electron chi connectivity index (χ4n) is 1.49. The lowest BCUT2D eigenvalue weighted by atomic mass is 10.2. The Labute approximate surface area is 92.6 Å². The van der Waals surface area contributed by atoms with E-state index in [1.54, 1.807) is 7.11 Å². The normalized spacial score (nSPS) is 13.1. The summed E-state index contributed by atoms with van der Waals surface area (Å²) in [6.45, 7) is 7.20. The number of hydrogen-bond acceptors (Lipinski definition) is 3. The monoisotopic (exact) mass is 218 g/mol. The molecule has 0 spiro atoms. The summed E-state index contributed by atoms with van der Waals surface area (Å²) in [6, 6.07) is 0.469. The van der Waals surface area contributed by atoms with Crippen molar-refractivity contribution in [1.29, 1.82) is 0 Å². The maximum absolute atomic E-state index is 5.44. The smallest absolute Gasteiger partial charge is 0.0727 e. The Morgan fingerprint density at radius 1 is 1.57 bits per heavy atom. The topological polar surface area (TPSA) is 38.5 Å². The zero-order chi connectivity index (χ0) is 11.0. The molecule has 84 valence electrons. The summed E-state index contributed by atoms with van der Waals surface area (Å²) in [5.41, 5.74) is 5.44. The second kappa shape index (κ2) is 8.15. The molecule has 0 heterocycles. The second-order valence-corrected chi connectivity index (χ2v) is 4.03. The van der Waals surface area contributed by atoms with Gasteiger partial charge < -0.3 is 10.5 Å². The number of hydrogen-bond donors (Lipinski definition) is 1. The molecule has 0 aliphatic heterocycles. The fraction of sp³-hybridized carbons (Fsp3) is 0.900. The molecule has 0 bridgehead atoms. The van der Waals surface area contributed by atoms with Crippen molar-refractivity contribution in [3.8, 4) is 0 Å². The lowest BCUT2D eigenvalue weighted by Gasteiger charge is -2.27. The van der Waals surface area contributed by atoms with Crippen LogP contribution in [0.3, 0.4) is 0 Å². The molecule has 2 N–H and O–H groups in total. The second-order valence-electron chi connectivity index (χ2n) is 3.50. The molecule has 0 saturated carbocycles. The summed E-state index contributed by atoms with van der Waals surface area (Å²) in [7, 11) is 1.74. The van der Waals surface area contributed by atoms with Crippen LogP contribution in [-0.4, -0.2) is 42.7 Å². The van der Waals surface area contributed by atoms with Gasteiger partial charge in [0.15, 0.2) is 0 Å². The molecule has 0 rings (SSSR count). The number of likely N-dealkylation sites (N-methyl/N-ethyl adjacent to an activating group) is 1. The summed E-state index contributed by atoms with van der Waals surface area (Å²) in [4.78, 5) is 2.99. The highest BCUT2D eigenvalue weighted by atomic mass is 32.1. The van der Waals surface area contributed by atoms with E-state index < -0.39 is 0 Å². The zero-order valence-electron chi connectivity index (χ0n) is 9.45. The van der Waals surface area contributed by atoms with Crippen LogP contribution in [0.1, 0.15) is 26.7 Å². The van der Waals surface area contributed by atoms with Crippen LogP contribution in [-0.2, 0) is 4.74 Å². The van der Waals surface area contributed by atoms with Gasteiger partial charge in [-0.05, 0) is 32.9 Å². The van der Waals surface area contributed by atoms with Crippen LogP contribution >= 0.6 is 12.2 Å². The molecule has 14 heavy (non-hydrogen) atoms. The molecular formula is C10H22N2OS. The van der Waals surface area contributed by atoms with Crippen molar-refractivity contribution in [1.82, 2.24) is 4.90 Å². The van der Waals surface area contributed by atoms with Gasteiger partial charge in [-0.15, -0.1) is 0 Å². The van der Waals surface area contributed by atoms with E-state index in [1.807, 2.05) is 0 Å². The van der Waals surface area contributed by atoms with E-state index in [2.05, 4.69) is 18.7 Å². The number of methoxy groups -OCH3 is 1. The van der Waals surface area contributed by atoms with Gasteiger partial charge in [-0.1, -0.05) is 19.1 Å². The van der Waals surface area contributed by atoms with Crippen LogP contribution in [0.2, 0.25) is 0 Å². The molecule has 0 radical (unpaired) electrons. The van der Waals surface area contributed by atoms with E-state index >= 15 is 0 Å². The third-order valence-electron chi connectivity index (χ3n) is 2.31. The molecule has 0 aromatic heterocycles. The molecule has 0 aliphatic carbocycles. The van der Waals surface area contributed by atoms with Crippen molar-refractivity contribution in [2.75, 3.05) is 26.8 Å². The van der Waals surface area contributed by atoms with Crippen molar-refractivity contribution in [2.24, 2.45) is 5.73 Å². The first-order chi connectivity index (χ1) is 6.61. The molecule has 0 fully saturated rings. The van der Waals surface area contributed by atoms with E-state index in [9.17, 15) is 0 Å². The van der Waals surface area contributed by atoms with Crippen molar-refractivity contribution in [2.45, 2.75) is 32.7 Å². The van der Waals surface area contributed by atoms with Gasteiger partial charge in [0.25, 0.3) is 0 Å². The number of rotatable bonds is 8. The average Bonchev–Trinajstić information content (AvgIpc) is 2.12. The SMILES string of the molecule is CCN(CCCC(N)=S)C(C)COC. The van der Waals surface area contributed by atoms with Crippen LogP contribution in [0.4, 0.5) is 0 Å². The molecule has 0 amide bonds. The van der Waals surface area contributed by atoms with Crippen molar-refractivity contribution < 1.29 is 4.74 Å². The Morgan fingerprint density at radius 2 is 2.21 bits per heavy atom. The molecule has 1 atom stereocenters. The Balaban J connectivity index is 3.72. The van der Waals surface area contributed by atoms with E-state index in [0.29, 0.717) is 11.0 Å². The number of nitrogens with zero attached hydrogens (tertiary/aromatic N) is 1. The Bertz CT molecular complexity index is 164. The van der Waals surface area contributed by atoms with Gasteiger partial charge in [-0.25, -0.2) is 0 Å². The molecule has 0 aromatic carbocycles. The predicted octanol–water partition coefficient (Wildman–Crippen LogP) is 1.41. The van der Waals surface area contributed by atoms with E-state index in [4.69, 9.17) is 22.7 Å². The number of thiocarbonyl (C=S) groups is 1.